The van der Waals surface area contributed by atoms with Gasteiger partial charge in [-0.1, -0.05) is 24.3 Å². The van der Waals surface area contributed by atoms with Crippen LogP contribution in [0.5, 0.6) is 0 Å². The SMILES string of the molecule is Cc1ccc(C2Nc3ccccc3-c3nc4ccccc4n32)s1. The van der Waals surface area contributed by atoms with Crippen molar-refractivity contribution in [2.24, 2.45) is 0 Å². The van der Waals surface area contributed by atoms with Crippen molar-refractivity contribution < 1.29 is 0 Å². The number of nitrogens with zero attached hydrogens (tertiary/aromatic N) is 2. The minimum Gasteiger partial charge on any atom is -0.360 e. The summed E-state index contributed by atoms with van der Waals surface area (Å²) in [5.41, 5.74) is 4.51. The lowest BCUT2D eigenvalue weighted by Gasteiger charge is -2.29. The molecule has 0 fully saturated rings. The molecule has 0 aliphatic carbocycles. The van der Waals surface area contributed by atoms with Gasteiger partial charge in [-0.05, 0) is 43.3 Å². The summed E-state index contributed by atoms with van der Waals surface area (Å²) in [6.45, 7) is 2.15. The van der Waals surface area contributed by atoms with Crippen molar-refractivity contribution in [3.05, 3.63) is 70.4 Å². The summed E-state index contributed by atoms with van der Waals surface area (Å²) in [7, 11) is 0. The fourth-order valence-corrected chi connectivity index (χ4v) is 4.23. The molecule has 4 aromatic rings. The molecular weight excluding hydrogens is 302 g/mol. The van der Waals surface area contributed by atoms with Crippen LogP contribution in [0.3, 0.4) is 0 Å². The van der Waals surface area contributed by atoms with Gasteiger partial charge in [0, 0.05) is 21.0 Å². The van der Waals surface area contributed by atoms with E-state index in [-0.39, 0.29) is 6.17 Å². The number of para-hydroxylation sites is 3. The number of thiophene rings is 1. The zero-order valence-corrected chi connectivity index (χ0v) is 13.5. The van der Waals surface area contributed by atoms with Gasteiger partial charge < -0.3 is 5.32 Å². The highest BCUT2D eigenvalue weighted by atomic mass is 32.1. The lowest BCUT2D eigenvalue weighted by molar-refractivity contribution is 0.681. The van der Waals surface area contributed by atoms with E-state index < -0.39 is 0 Å². The highest BCUT2D eigenvalue weighted by molar-refractivity contribution is 7.12. The van der Waals surface area contributed by atoms with Crippen molar-refractivity contribution >= 4 is 28.1 Å². The highest BCUT2D eigenvalue weighted by Crippen LogP contribution is 2.41. The summed E-state index contributed by atoms with van der Waals surface area (Å²) in [6.07, 6.45) is 0.0889. The van der Waals surface area contributed by atoms with Gasteiger partial charge in [-0.3, -0.25) is 4.57 Å². The topological polar surface area (TPSA) is 29.9 Å². The van der Waals surface area contributed by atoms with Crippen LogP contribution in [-0.2, 0) is 0 Å². The second kappa shape index (κ2) is 4.70. The number of hydrogen-bond donors (Lipinski definition) is 1. The van der Waals surface area contributed by atoms with E-state index in [4.69, 9.17) is 4.98 Å². The van der Waals surface area contributed by atoms with Gasteiger partial charge in [-0.2, -0.15) is 0 Å². The monoisotopic (exact) mass is 317 g/mol. The van der Waals surface area contributed by atoms with E-state index in [0.29, 0.717) is 0 Å². The van der Waals surface area contributed by atoms with E-state index in [1.165, 1.54) is 15.3 Å². The first-order chi connectivity index (χ1) is 11.3. The fraction of sp³-hybridized carbons (Fsp3) is 0.105. The minimum atomic E-state index is 0.0889. The lowest BCUT2D eigenvalue weighted by atomic mass is 10.1. The maximum atomic E-state index is 4.90. The number of rotatable bonds is 1. The van der Waals surface area contributed by atoms with E-state index in [9.17, 15) is 0 Å². The Hall–Kier alpha value is -2.59. The molecule has 3 nitrogen and oxygen atoms in total. The van der Waals surface area contributed by atoms with Gasteiger partial charge in [0.05, 0.1) is 11.0 Å². The minimum absolute atomic E-state index is 0.0889. The van der Waals surface area contributed by atoms with Gasteiger partial charge in [0.1, 0.15) is 12.0 Å². The zero-order chi connectivity index (χ0) is 15.4. The molecule has 1 N–H and O–H groups in total. The second-order valence-electron chi connectivity index (χ2n) is 5.83. The van der Waals surface area contributed by atoms with Crippen molar-refractivity contribution in [1.29, 1.82) is 0 Å². The van der Waals surface area contributed by atoms with Crippen LogP contribution >= 0.6 is 11.3 Å². The van der Waals surface area contributed by atoms with E-state index in [1.807, 2.05) is 17.4 Å². The maximum Gasteiger partial charge on any atom is 0.145 e. The summed E-state index contributed by atoms with van der Waals surface area (Å²) in [5.74, 6) is 1.04. The summed E-state index contributed by atoms with van der Waals surface area (Å²) in [5, 5.41) is 3.69. The Kier molecular flexibility index (Phi) is 2.64. The van der Waals surface area contributed by atoms with Crippen LogP contribution in [0.15, 0.2) is 60.7 Å². The third-order valence-electron chi connectivity index (χ3n) is 4.34. The molecule has 0 amide bonds. The molecule has 112 valence electrons. The van der Waals surface area contributed by atoms with Crippen LogP contribution in [0.25, 0.3) is 22.4 Å². The molecule has 0 saturated heterocycles. The molecule has 5 rings (SSSR count). The van der Waals surface area contributed by atoms with Crippen LogP contribution < -0.4 is 5.32 Å². The van der Waals surface area contributed by atoms with Gasteiger partial charge in [0.25, 0.3) is 0 Å². The molecule has 4 heteroatoms. The molecule has 0 radical (unpaired) electrons. The van der Waals surface area contributed by atoms with Crippen LogP contribution in [0.4, 0.5) is 5.69 Å². The normalized spacial score (nSPS) is 16.0. The Morgan fingerprint density at radius 2 is 1.83 bits per heavy atom. The summed E-state index contributed by atoms with van der Waals surface area (Å²) in [4.78, 5) is 7.54. The Morgan fingerprint density at radius 1 is 1.00 bits per heavy atom. The Labute approximate surface area is 138 Å². The van der Waals surface area contributed by atoms with Crippen molar-refractivity contribution in [1.82, 2.24) is 9.55 Å². The number of aryl methyl sites for hydroxylation is 1. The van der Waals surface area contributed by atoms with Crippen LogP contribution in [0, 0.1) is 6.92 Å². The molecule has 2 aromatic heterocycles. The molecule has 3 heterocycles. The smallest absolute Gasteiger partial charge is 0.145 e. The lowest BCUT2D eigenvalue weighted by Crippen LogP contribution is -2.23. The molecule has 1 atom stereocenters. The number of hydrogen-bond acceptors (Lipinski definition) is 3. The average molecular weight is 317 g/mol. The van der Waals surface area contributed by atoms with Crippen molar-refractivity contribution in [3.63, 3.8) is 0 Å². The third kappa shape index (κ3) is 1.85. The van der Waals surface area contributed by atoms with Gasteiger partial charge in [0.2, 0.25) is 0 Å². The number of aromatic nitrogens is 2. The summed E-state index contributed by atoms with van der Waals surface area (Å²) < 4.78 is 2.32. The first kappa shape index (κ1) is 12.9. The number of nitrogens with one attached hydrogen (secondary N) is 1. The number of benzene rings is 2. The van der Waals surface area contributed by atoms with E-state index in [0.717, 1.165) is 22.6 Å². The van der Waals surface area contributed by atoms with E-state index in [2.05, 4.69) is 71.4 Å². The molecule has 1 aliphatic heterocycles. The Bertz CT molecular complexity index is 1030. The van der Waals surface area contributed by atoms with Crippen molar-refractivity contribution in [2.45, 2.75) is 13.1 Å². The highest BCUT2D eigenvalue weighted by Gasteiger charge is 2.28. The average Bonchev–Trinajstić information content (AvgIpc) is 3.18. The van der Waals surface area contributed by atoms with E-state index in [1.54, 1.807) is 0 Å². The summed E-state index contributed by atoms with van der Waals surface area (Å²) in [6, 6.07) is 21.2. The Morgan fingerprint density at radius 3 is 2.70 bits per heavy atom. The maximum absolute atomic E-state index is 4.90. The molecule has 0 bridgehead atoms. The molecule has 1 unspecified atom stereocenters. The van der Waals surface area contributed by atoms with Crippen molar-refractivity contribution in [2.75, 3.05) is 5.32 Å². The predicted molar refractivity (Wildman–Crippen MR) is 96.0 cm³/mol. The van der Waals surface area contributed by atoms with Crippen LogP contribution in [0.2, 0.25) is 0 Å². The van der Waals surface area contributed by atoms with Crippen molar-refractivity contribution in [3.8, 4) is 11.4 Å². The predicted octanol–water partition coefficient (Wildman–Crippen LogP) is 5.05. The number of imidazole rings is 1. The van der Waals surface area contributed by atoms with E-state index >= 15 is 0 Å². The second-order valence-corrected chi connectivity index (χ2v) is 7.15. The van der Waals surface area contributed by atoms with Gasteiger partial charge in [-0.15, -0.1) is 11.3 Å². The third-order valence-corrected chi connectivity index (χ3v) is 5.40. The van der Waals surface area contributed by atoms with Crippen LogP contribution in [0.1, 0.15) is 15.9 Å². The standard InChI is InChI=1S/C19H15N3S/c1-12-10-11-17(23-12)19-20-14-7-3-2-6-13(14)18-21-15-8-4-5-9-16(15)22(18)19/h2-11,19-20H,1H3. The molecule has 23 heavy (non-hydrogen) atoms. The Balaban J connectivity index is 1.84. The largest absolute Gasteiger partial charge is 0.360 e. The quantitative estimate of drug-likeness (QED) is 0.532. The molecular formula is C19H15N3S. The van der Waals surface area contributed by atoms with Gasteiger partial charge in [-0.25, -0.2) is 4.98 Å². The number of fused-ring (bicyclic) bond motifs is 5. The molecule has 0 saturated carbocycles. The van der Waals surface area contributed by atoms with Gasteiger partial charge in [0.15, 0.2) is 0 Å². The zero-order valence-electron chi connectivity index (χ0n) is 12.7. The van der Waals surface area contributed by atoms with Gasteiger partial charge >= 0.3 is 0 Å². The first-order valence-electron chi connectivity index (χ1n) is 7.70. The molecule has 2 aromatic carbocycles. The summed E-state index contributed by atoms with van der Waals surface area (Å²) >= 11 is 1.83. The first-order valence-corrected chi connectivity index (χ1v) is 8.52. The molecule has 0 spiro atoms. The van der Waals surface area contributed by atoms with Crippen LogP contribution in [-0.4, -0.2) is 9.55 Å². The molecule has 1 aliphatic rings. The fourth-order valence-electron chi connectivity index (χ4n) is 3.31. The number of anilines is 1.